The zero-order valence-corrected chi connectivity index (χ0v) is 11.4. The zero-order chi connectivity index (χ0) is 11.3. The average Bonchev–Trinajstić information content (AvgIpc) is 2.28. The molecule has 0 saturated heterocycles. The summed E-state index contributed by atoms with van der Waals surface area (Å²) in [6.07, 6.45) is 2.90. The van der Waals surface area contributed by atoms with Crippen molar-refractivity contribution in [2.75, 3.05) is 27.0 Å². The van der Waals surface area contributed by atoms with Crippen LogP contribution in [0.3, 0.4) is 0 Å². The molecule has 0 radical (unpaired) electrons. The quantitative estimate of drug-likeness (QED) is 0.829. The summed E-state index contributed by atoms with van der Waals surface area (Å²) in [5.74, 6) is 1.53. The molecule has 2 N–H and O–H groups in total. The standard InChI is InChI=1S/C11H17NO2S.ClH/c1-13-9-6-8(4-5-12)11(15-3)7-10(9)14-2;/h6-7H,4-5,12H2,1-3H3;1H. The van der Waals surface area contributed by atoms with Crippen LogP contribution in [0.1, 0.15) is 5.56 Å². The summed E-state index contributed by atoms with van der Waals surface area (Å²) in [7, 11) is 3.29. The Morgan fingerprint density at radius 1 is 1.19 bits per heavy atom. The molecule has 0 bridgehead atoms. The van der Waals surface area contributed by atoms with Gasteiger partial charge in [0.05, 0.1) is 14.2 Å². The Hall–Kier alpha value is -0.580. The number of hydrogen-bond acceptors (Lipinski definition) is 4. The van der Waals surface area contributed by atoms with Gasteiger partial charge in [0.15, 0.2) is 11.5 Å². The molecule has 1 aromatic rings. The number of nitrogens with two attached hydrogens (primary N) is 1. The van der Waals surface area contributed by atoms with E-state index in [4.69, 9.17) is 15.2 Å². The fourth-order valence-electron chi connectivity index (χ4n) is 1.44. The molecule has 0 fully saturated rings. The third-order valence-corrected chi connectivity index (χ3v) is 3.02. The molecule has 0 unspecified atom stereocenters. The van der Waals surface area contributed by atoms with E-state index in [1.807, 2.05) is 18.4 Å². The normalized spacial score (nSPS) is 9.50. The van der Waals surface area contributed by atoms with Crippen LogP contribution >= 0.6 is 24.2 Å². The highest BCUT2D eigenvalue weighted by Gasteiger charge is 2.09. The summed E-state index contributed by atoms with van der Waals surface area (Å²) in [6.45, 7) is 0.642. The second-order valence-electron chi connectivity index (χ2n) is 3.06. The van der Waals surface area contributed by atoms with Crippen LogP contribution in [-0.2, 0) is 6.42 Å². The van der Waals surface area contributed by atoms with Crippen LogP contribution in [-0.4, -0.2) is 27.0 Å². The number of thioether (sulfide) groups is 1. The Morgan fingerprint density at radius 2 is 1.75 bits per heavy atom. The molecule has 0 amide bonds. The van der Waals surface area contributed by atoms with Crippen molar-refractivity contribution in [2.45, 2.75) is 11.3 Å². The molecule has 0 spiro atoms. The minimum absolute atomic E-state index is 0. The first-order valence-corrected chi connectivity index (χ1v) is 5.98. The van der Waals surface area contributed by atoms with Crippen molar-refractivity contribution < 1.29 is 9.47 Å². The number of rotatable bonds is 5. The van der Waals surface area contributed by atoms with E-state index in [0.717, 1.165) is 17.9 Å². The van der Waals surface area contributed by atoms with Gasteiger partial charge in [-0.15, -0.1) is 24.2 Å². The summed E-state index contributed by atoms with van der Waals surface area (Å²) >= 11 is 1.69. The lowest BCUT2D eigenvalue weighted by atomic mass is 10.1. The molecule has 16 heavy (non-hydrogen) atoms. The Balaban J connectivity index is 0.00000225. The Morgan fingerprint density at radius 3 is 2.19 bits per heavy atom. The van der Waals surface area contributed by atoms with E-state index in [0.29, 0.717) is 6.54 Å². The second-order valence-corrected chi connectivity index (χ2v) is 3.91. The molecule has 0 aliphatic rings. The third-order valence-electron chi connectivity index (χ3n) is 2.20. The molecule has 1 rings (SSSR count). The first-order valence-electron chi connectivity index (χ1n) is 4.75. The van der Waals surface area contributed by atoms with Crippen LogP contribution in [0.2, 0.25) is 0 Å². The van der Waals surface area contributed by atoms with Crippen molar-refractivity contribution in [3.8, 4) is 11.5 Å². The first-order chi connectivity index (χ1) is 7.26. The lowest BCUT2D eigenvalue weighted by Gasteiger charge is -2.13. The first kappa shape index (κ1) is 15.4. The maximum atomic E-state index is 5.56. The summed E-state index contributed by atoms with van der Waals surface area (Å²) in [5.41, 5.74) is 6.78. The highest BCUT2D eigenvalue weighted by Crippen LogP contribution is 2.34. The van der Waals surface area contributed by atoms with E-state index in [9.17, 15) is 0 Å². The zero-order valence-electron chi connectivity index (χ0n) is 9.78. The predicted molar refractivity (Wildman–Crippen MR) is 71.3 cm³/mol. The molecule has 0 aromatic heterocycles. The van der Waals surface area contributed by atoms with E-state index in [-0.39, 0.29) is 12.4 Å². The van der Waals surface area contributed by atoms with Gasteiger partial charge >= 0.3 is 0 Å². The number of halogens is 1. The Kier molecular flexibility index (Phi) is 7.38. The van der Waals surface area contributed by atoms with Gasteiger partial charge in [0, 0.05) is 4.90 Å². The molecular weight excluding hydrogens is 246 g/mol. The van der Waals surface area contributed by atoms with Crippen molar-refractivity contribution in [3.63, 3.8) is 0 Å². The van der Waals surface area contributed by atoms with Crippen molar-refractivity contribution >= 4 is 24.2 Å². The molecule has 1 aromatic carbocycles. The Bertz CT molecular complexity index is 334. The van der Waals surface area contributed by atoms with Crippen LogP contribution in [0.15, 0.2) is 17.0 Å². The van der Waals surface area contributed by atoms with Gasteiger partial charge in [0.2, 0.25) is 0 Å². The fourth-order valence-corrected chi connectivity index (χ4v) is 2.09. The van der Waals surface area contributed by atoms with Crippen molar-refractivity contribution in [2.24, 2.45) is 5.73 Å². The topological polar surface area (TPSA) is 44.5 Å². The van der Waals surface area contributed by atoms with E-state index >= 15 is 0 Å². The lowest BCUT2D eigenvalue weighted by molar-refractivity contribution is 0.353. The number of ether oxygens (including phenoxy) is 2. The minimum atomic E-state index is 0. The van der Waals surface area contributed by atoms with Gasteiger partial charge < -0.3 is 15.2 Å². The SMILES string of the molecule is COc1cc(CCN)c(SC)cc1OC.Cl. The van der Waals surface area contributed by atoms with Gasteiger partial charge in [-0.1, -0.05) is 0 Å². The van der Waals surface area contributed by atoms with Gasteiger partial charge in [-0.2, -0.15) is 0 Å². The monoisotopic (exact) mass is 263 g/mol. The summed E-state index contributed by atoms with van der Waals surface area (Å²) < 4.78 is 10.5. The van der Waals surface area contributed by atoms with Gasteiger partial charge in [-0.25, -0.2) is 0 Å². The maximum Gasteiger partial charge on any atom is 0.161 e. The highest BCUT2D eigenvalue weighted by molar-refractivity contribution is 7.98. The minimum Gasteiger partial charge on any atom is -0.493 e. The maximum absolute atomic E-state index is 5.56. The van der Waals surface area contributed by atoms with E-state index in [1.54, 1.807) is 26.0 Å². The van der Waals surface area contributed by atoms with E-state index in [1.165, 1.54) is 10.5 Å². The van der Waals surface area contributed by atoms with Gasteiger partial charge in [-0.3, -0.25) is 0 Å². The largest absolute Gasteiger partial charge is 0.493 e. The van der Waals surface area contributed by atoms with Crippen molar-refractivity contribution in [3.05, 3.63) is 17.7 Å². The average molecular weight is 264 g/mol. The van der Waals surface area contributed by atoms with Crippen LogP contribution < -0.4 is 15.2 Å². The molecule has 0 aliphatic carbocycles. The molecule has 0 atom stereocenters. The summed E-state index contributed by atoms with van der Waals surface area (Å²) in [4.78, 5) is 1.19. The molecule has 3 nitrogen and oxygen atoms in total. The van der Waals surface area contributed by atoms with Gasteiger partial charge in [0.25, 0.3) is 0 Å². The van der Waals surface area contributed by atoms with Crippen LogP contribution in [0, 0.1) is 0 Å². The van der Waals surface area contributed by atoms with Crippen LogP contribution in [0.5, 0.6) is 11.5 Å². The second kappa shape index (κ2) is 7.65. The fraction of sp³-hybridized carbons (Fsp3) is 0.455. The van der Waals surface area contributed by atoms with Crippen LogP contribution in [0.4, 0.5) is 0 Å². The number of hydrogen-bond donors (Lipinski definition) is 1. The van der Waals surface area contributed by atoms with Gasteiger partial charge in [-0.05, 0) is 36.9 Å². The molecule has 0 saturated carbocycles. The van der Waals surface area contributed by atoms with E-state index in [2.05, 4.69) is 0 Å². The molecule has 0 aliphatic heterocycles. The molecule has 5 heteroatoms. The smallest absolute Gasteiger partial charge is 0.161 e. The molecular formula is C11H18ClNO2S. The van der Waals surface area contributed by atoms with Crippen molar-refractivity contribution in [1.82, 2.24) is 0 Å². The van der Waals surface area contributed by atoms with E-state index < -0.39 is 0 Å². The van der Waals surface area contributed by atoms with Gasteiger partial charge in [0.1, 0.15) is 0 Å². The summed E-state index contributed by atoms with van der Waals surface area (Å²) in [5, 5.41) is 0. The Labute approximate surface area is 107 Å². The number of benzene rings is 1. The van der Waals surface area contributed by atoms with Crippen molar-refractivity contribution in [1.29, 1.82) is 0 Å². The highest BCUT2D eigenvalue weighted by atomic mass is 35.5. The lowest BCUT2D eigenvalue weighted by Crippen LogP contribution is -2.04. The molecule has 0 heterocycles. The third kappa shape index (κ3) is 3.47. The van der Waals surface area contributed by atoms with Crippen LogP contribution in [0.25, 0.3) is 0 Å². The molecule has 92 valence electrons. The summed E-state index contributed by atoms with van der Waals surface area (Å²) in [6, 6.07) is 3.99. The predicted octanol–water partition coefficient (Wildman–Crippen LogP) is 2.35. The number of methoxy groups -OCH3 is 2.